The molecule has 0 aromatic heterocycles. The molecule has 0 radical (unpaired) electrons. The van der Waals surface area contributed by atoms with Crippen LogP contribution < -0.4 is 0 Å². The van der Waals surface area contributed by atoms with Crippen molar-refractivity contribution in [1.29, 1.82) is 0 Å². The molecular weight excluding hydrogens is 144 g/mol. The van der Waals surface area contributed by atoms with Gasteiger partial charge in [-0.15, -0.1) is 0 Å². The van der Waals surface area contributed by atoms with E-state index in [9.17, 15) is 0 Å². The van der Waals surface area contributed by atoms with Gasteiger partial charge in [0.2, 0.25) is 0 Å². The van der Waals surface area contributed by atoms with Crippen molar-refractivity contribution in [3.63, 3.8) is 0 Å². The summed E-state index contributed by atoms with van der Waals surface area (Å²) in [6.07, 6.45) is 5.68. The summed E-state index contributed by atoms with van der Waals surface area (Å²) in [5, 5.41) is 0. The molecule has 0 bridgehead atoms. The molecule has 0 heterocycles. The molecule has 2 aliphatic carbocycles. The van der Waals surface area contributed by atoms with E-state index in [0.29, 0.717) is 0 Å². The summed E-state index contributed by atoms with van der Waals surface area (Å²) in [4.78, 5) is 0. The maximum absolute atomic E-state index is 2.43. The van der Waals surface area contributed by atoms with Crippen LogP contribution >= 0.6 is 0 Å². The first-order valence-corrected chi connectivity index (χ1v) is 5.39. The van der Waals surface area contributed by atoms with Crippen LogP contribution in [-0.2, 0) is 0 Å². The molecule has 0 amide bonds. The van der Waals surface area contributed by atoms with Gasteiger partial charge >= 0.3 is 0 Å². The Kier molecular flexibility index (Phi) is 2.02. The zero-order valence-electron chi connectivity index (χ0n) is 8.56. The van der Waals surface area contributed by atoms with Crippen LogP contribution in [0.25, 0.3) is 0 Å². The molecule has 0 N–H and O–H groups in total. The third kappa shape index (κ3) is 1.44. The fraction of sp³-hybridized carbons (Fsp3) is 0.833. The van der Waals surface area contributed by atoms with Gasteiger partial charge in [0.1, 0.15) is 0 Å². The van der Waals surface area contributed by atoms with Crippen LogP contribution in [0.2, 0.25) is 0 Å². The Balaban J connectivity index is 2.16. The lowest BCUT2D eigenvalue weighted by atomic mass is 9.73. The number of hydrogen-bond acceptors (Lipinski definition) is 0. The predicted octanol–water partition coefficient (Wildman–Crippen LogP) is 3.78. The standard InChI is InChI=1S/C12H20/c1-8-6-9(2)10(3)12(7-8)11-4-5-11/h8-10H,4-7H2,1-3H3. The Morgan fingerprint density at radius 3 is 2.33 bits per heavy atom. The summed E-state index contributed by atoms with van der Waals surface area (Å²) in [6.45, 7) is 7.26. The van der Waals surface area contributed by atoms with E-state index in [0.717, 1.165) is 17.8 Å². The van der Waals surface area contributed by atoms with Gasteiger partial charge in [-0.25, -0.2) is 0 Å². The quantitative estimate of drug-likeness (QED) is 0.478. The van der Waals surface area contributed by atoms with Gasteiger partial charge in [-0.2, -0.15) is 0 Å². The van der Waals surface area contributed by atoms with Crippen LogP contribution in [0.1, 0.15) is 46.5 Å². The van der Waals surface area contributed by atoms with Crippen LogP contribution in [0.4, 0.5) is 0 Å². The molecule has 68 valence electrons. The van der Waals surface area contributed by atoms with E-state index < -0.39 is 0 Å². The first kappa shape index (κ1) is 8.34. The molecule has 2 aliphatic rings. The maximum atomic E-state index is 2.43. The lowest BCUT2D eigenvalue weighted by molar-refractivity contribution is 0.284. The highest BCUT2D eigenvalue weighted by atomic mass is 14.4. The second-order valence-corrected chi connectivity index (χ2v) is 4.94. The van der Waals surface area contributed by atoms with Crippen molar-refractivity contribution in [3.8, 4) is 0 Å². The molecule has 0 aliphatic heterocycles. The fourth-order valence-corrected chi connectivity index (χ4v) is 2.68. The third-order valence-electron chi connectivity index (χ3n) is 3.70. The van der Waals surface area contributed by atoms with Crippen molar-refractivity contribution in [2.45, 2.75) is 46.5 Å². The minimum absolute atomic E-state index is 0.888. The molecule has 2 fully saturated rings. The molecule has 0 heteroatoms. The minimum Gasteiger partial charge on any atom is -0.0701 e. The summed E-state index contributed by atoms with van der Waals surface area (Å²) in [6, 6.07) is 0. The van der Waals surface area contributed by atoms with Gasteiger partial charge in [-0.05, 0) is 43.4 Å². The Labute approximate surface area is 76.1 Å². The topological polar surface area (TPSA) is 0 Å². The summed E-state index contributed by atoms with van der Waals surface area (Å²) >= 11 is 0. The molecule has 0 nitrogen and oxygen atoms in total. The van der Waals surface area contributed by atoms with E-state index in [1.165, 1.54) is 25.7 Å². The molecule has 12 heavy (non-hydrogen) atoms. The zero-order chi connectivity index (χ0) is 8.72. The zero-order valence-corrected chi connectivity index (χ0v) is 8.56. The van der Waals surface area contributed by atoms with Crippen molar-refractivity contribution in [3.05, 3.63) is 11.1 Å². The van der Waals surface area contributed by atoms with Gasteiger partial charge in [0.05, 0.1) is 0 Å². The lowest BCUT2D eigenvalue weighted by Crippen LogP contribution is -2.21. The van der Waals surface area contributed by atoms with Crippen LogP contribution in [-0.4, -0.2) is 0 Å². The maximum Gasteiger partial charge on any atom is -0.0203 e. The highest BCUT2D eigenvalue weighted by Gasteiger charge is 2.30. The summed E-state index contributed by atoms with van der Waals surface area (Å²) in [7, 11) is 0. The molecule has 0 aromatic rings. The van der Waals surface area contributed by atoms with Crippen LogP contribution in [0.5, 0.6) is 0 Å². The number of rotatable bonds is 0. The molecular formula is C12H20. The predicted molar refractivity (Wildman–Crippen MR) is 53.0 cm³/mol. The van der Waals surface area contributed by atoms with Gasteiger partial charge in [0, 0.05) is 0 Å². The SMILES string of the molecule is CC1CC(=C2CC2)C(C)C(C)C1. The van der Waals surface area contributed by atoms with Crippen molar-refractivity contribution >= 4 is 0 Å². The van der Waals surface area contributed by atoms with Crippen molar-refractivity contribution in [1.82, 2.24) is 0 Å². The third-order valence-corrected chi connectivity index (χ3v) is 3.70. The molecule has 2 rings (SSSR count). The Bertz CT molecular complexity index is 206. The van der Waals surface area contributed by atoms with E-state index in [1.54, 1.807) is 5.57 Å². The monoisotopic (exact) mass is 164 g/mol. The minimum atomic E-state index is 0.888. The van der Waals surface area contributed by atoms with Crippen molar-refractivity contribution in [2.24, 2.45) is 17.8 Å². The molecule has 0 aromatic carbocycles. The summed E-state index contributed by atoms with van der Waals surface area (Å²) in [5.41, 5.74) is 3.64. The smallest absolute Gasteiger partial charge is 0.0203 e. The Hall–Kier alpha value is -0.260. The summed E-state index contributed by atoms with van der Waals surface area (Å²) in [5.74, 6) is 2.76. The Morgan fingerprint density at radius 2 is 1.75 bits per heavy atom. The first-order chi connectivity index (χ1) is 5.68. The van der Waals surface area contributed by atoms with Gasteiger partial charge in [-0.3, -0.25) is 0 Å². The highest BCUT2D eigenvalue weighted by molar-refractivity contribution is 5.28. The van der Waals surface area contributed by atoms with E-state index in [2.05, 4.69) is 20.8 Å². The number of hydrogen-bond donors (Lipinski definition) is 0. The fourth-order valence-electron chi connectivity index (χ4n) is 2.68. The van der Waals surface area contributed by atoms with E-state index in [-0.39, 0.29) is 0 Å². The molecule has 3 atom stereocenters. The van der Waals surface area contributed by atoms with Crippen LogP contribution in [0.3, 0.4) is 0 Å². The summed E-state index contributed by atoms with van der Waals surface area (Å²) < 4.78 is 0. The average molecular weight is 164 g/mol. The van der Waals surface area contributed by atoms with E-state index in [1.807, 2.05) is 5.57 Å². The molecule has 2 saturated carbocycles. The highest BCUT2D eigenvalue weighted by Crippen LogP contribution is 2.44. The largest absolute Gasteiger partial charge is 0.0701 e. The first-order valence-electron chi connectivity index (χ1n) is 5.39. The van der Waals surface area contributed by atoms with Gasteiger partial charge < -0.3 is 0 Å². The normalized spacial score (nSPS) is 41.8. The van der Waals surface area contributed by atoms with E-state index in [4.69, 9.17) is 0 Å². The number of allylic oxidation sites excluding steroid dienone is 2. The average Bonchev–Trinajstić information content (AvgIpc) is 2.79. The second kappa shape index (κ2) is 2.90. The van der Waals surface area contributed by atoms with Gasteiger partial charge in [0.25, 0.3) is 0 Å². The molecule has 0 saturated heterocycles. The van der Waals surface area contributed by atoms with Crippen LogP contribution in [0, 0.1) is 17.8 Å². The van der Waals surface area contributed by atoms with Crippen molar-refractivity contribution < 1.29 is 0 Å². The van der Waals surface area contributed by atoms with Gasteiger partial charge in [0.15, 0.2) is 0 Å². The Morgan fingerprint density at radius 1 is 1.08 bits per heavy atom. The molecule has 0 spiro atoms. The lowest BCUT2D eigenvalue weighted by Gasteiger charge is -2.33. The second-order valence-electron chi connectivity index (χ2n) is 4.94. The molecule has 3 unspecified atom stereocenters. The van der Waals surface area contributed by atoms with E-state index >= 15 is 0 Å². The van der Waals surface area contributed by atoms with Crippen LogP contribution in [0.15, 0.2) is 11.1 Å². The van der Waals surface area contributed by atoms with Gasteiger partial charge in [-0.1, -0.05) is 31.9 Å². The van der Waals surface area contributed by atoms with Crippen molar-refractivity contribution in [2.75, 3.05) is 0 Å².